The van der Waals surface area contributed by atoms with Crippen molar-refractivity contribution in [1.82, 2.24) is 9.88 Å². The van der Waals surface area contributed by atoms with Crippen LogP contribution in [0.5, 0.6) is 11.5 Å². The van der Waals surface area contributed by atoms with Crippen molar-refractivity contribution in [1.29, 1.82) is 5.26 Å². The highest BCUT2D eigenvalue weighted by Crippen LogP contribution is 2.28. The van der Waals surface area contributed by atoms with E-state index >= 15 is 0 Å². The molecule has 1 aromatic carbocycles. The number of carboxylic acids is 1. The number of aromatic nitrogens is 1. The fourth-order valence-electron chi connectivity index (χ4n) is 3.62. The molecule has 0 atom stereocenters. The topological polar surface area (TPSA) is 95.7 Å². The molecule has 30 heavy (non-hydrogen) atoms. The number of benzene rings is 1. The van der Waals surface area contributed by atoms with Gasteiger partial charge in [-0.2, -0.15) is 5.26 Å². The van der Waals surface area contributed by atoms with Crippen LogP contribution < -0.4 is 9.47 Å². The van der Waals surface area contributed by atoms with Crippen LogP contribution in [0.2, 0.25) is 0 Å². The summed E-state index contributed by atoms with van der Waals surface area (Å²) >= 11 is 0. The van der Waals surface area contributed by atoms with Gasteiger partial charge in [0.1, 0.15) is 18.4 Å². The summed E-state index contributed by atoms with van der Waals surface area (Å²) in [6.45, 7) is 9.97. The van der Waals surface area contributed by atoms with Crippen LogP contribution in [0.4, 0.5) is 0 Å². The number of aliphatic carboxylic acids is 1. The second-order valence-electron chi connectivity index (χ2n) is 8.03. The Kier molecular flexibility index (Phi) is 6.58. The average Bonchev–Trinajstić information content (AvgIpc) is 2.63. The average molecular weight is 409 g/mol. The second-order valence-corrected chi connectivity index (χ2v) is 8.03. The summed E-state index contributed by atoms with van der Waals surface area (Å²) < 4.78 is 11.6. The van der Waals surface area contributed by atoms with Crippen LogP contribution in [-0.2, 0) is 17.9 Å². The number of nitriles is 1. The molecule has 7 heteroatoms. The zero-order valence-electron chi connectivity index (χ0n) is 17.8. The van der Waals surface area contributed by atoms with Gasteiger partial charge in [0, 0.05) is 19.6 Å². The van der Waals surface area contributed by atoms with Gasteiger partial charge in [-0.15, -0.1) is 0 Å². The molecule has 0 saturated carbocycles. The maximum Gasteiger partial charge on any atom is 0.309 e. The van der Waals surface area contributed by atoms with Crippen molar-refractivity contribution in [3.8, 4) is 17.6 Å². The highest BCUT2D eigenvalue weighted by molar-refractivity contribution is 5.71. The lowest BCUT2D eigenvalue weighted by Gasteiger charge is -2.36. The Labute approximate surface area is 176 Å². The Bertz CT molecular complexity index is 952. The first-order valence-electron chi connectivity index (χ1n) is 10.0. The van der Waals surface area contributed by atoms with E-state index in [1.165, 1.54) is 0 Å². The summed E-state index contributed by atoms with van der Waals surface area (Å²) in [5.74, 6) is 0.301. The molecule has 1 aromatic heterocycles. The van der Waals surface area contributed by atoms with Crippen LogP contribution in [0.3, 0.4) is 0 Å². The van der Waals surface area contributed by atoms with Crippen molar-refractivity contribution >= 4 is 5.97 Å². The number of carbonyl (C=O) groups is 1. The van der Waals surface area contributed by atoms with E-state index in [4.69, 9.17) is 14.6 Å². The third-order valence-electron chi connectivity index (χ3n) is 5.00. The van der Waals surface area contributed by atoms with E-state index < -0.39 is 5.97 Å². The third kappa shape index (κ3) is 5.08. The molecule has 158 valence electrons. The van der Waals surface area contributed by atoms with E-state index in [9.17, 15) is 10.1 Å². The monoisotopic (exact) mass is 409 g/mol. The maximum absolute atomic E-state index is 11.0. The van der Waals surface area contributed by atoms with Gasteiger partial charge in [-0.1, -0.05) is 12.1 Å². The number of likely N-dealkylation sites (tertiary alicyclic amines) is 1. The predicted octanol–water partition coefficient (Wildman–Crippen LogP) is 3.45. The normalized spacial score (nSPS) is 14.3. The quantitative estimate of drug-likeness (QED) is 0.713. The smallest absolute Gasteiger partial charge is 0.309 e. The number of pyridine rings is 1. The minimum atomic E-state index is -0.723. The molecule has 0 amide bonds. The molecule has 1 N–H and O–H groups in total. The van der Waals surface area contributed by atoms with Crippen LogP contribution in [0.15, 0.2) is 24.4 Å². The molecule has 2 heterocycles. The summed E-state index contributed by atoms with van der Waals surface area (Å²) in [6, 6.07) is 7.99. The lowest BCUT2D eigenvalue weighted by molar-refractivity contribution is -0.147. The highest BCUT2D eigenvalue weighted by atomic mass is 16.5. The molecule has 7 nitrogen and oxygen atoms in total. The first-order chi connectivity index (χ1) is 14.3. The van der Waals surface area contributed by atoms with Gasteiger partial charge in [-0.3, -0.25) is 14.7 Å². The van der Waals surface area contributed by atoms with E-state index in [0.717, 1.165) is 29.0 Å². The molecule has 0 bridgehead atoms. The molecule has 0 radical (unpaired) electrons. The van der Waals surface area contributed by atoms with Crippen LogP contribution >= 0.6 is 0 Å². The zero-order chi connectivity index (χ0) is 21.8. The van der Waals surface area contributed by atoms with Gasteiger partial charge in [-0.25, -0.2) is 0 Å². The summed E-state index contributed by atoms with van der Waals surface area (Å²) in [5, 5.41) is 18.4. The minimum Gasteiger partial charge on any atom is -0.488 e. The largest absolute Gasteiger partial charge is 0.488 e. The number of nitrogens with zero attached hydrogens (tertiary/aromatic N) is 3. The van der Waals surface area contributed by atoms with Gasteiger partial charge in [0.05, 0.1) is 29.5 Å². The van der Waals surface area contributed by atoms with Crippen molar-refractivity contribution < 1.29 is 19.4 Å². The first kappa shape index (κ1) is 21.6. The van der Waals surface area contributed by atoms with E-state index in [1.807, 2.05) is 27.7 Å². The predicted molar refractivity (Wildman–Crippen MR) is 111 cm³/mol. The maximum atomic E-state index is 11.0. The fourth-order valence-corrected chi connectivity index (χ4v) is 3.62. The van der Waals surface area contributed by atoms with Crippen molar-refractivity contribution in [2.75, 3.05) is 13.1 Å². The standard InChI is InChI=1S/C23H27N3O4/c1-14(2)30-21-9-25-20(7-18(21)8-24)13-29-22-15(3)5-17(6-16(22)4)10-26-11-19(12-26)23(27)28/h5-7,9,14,19H,10-13H2,1-4H3,(H,27,28). The van der Waals surface area contributed by atoms with Crippen LogP contribution in [0, 0.1) is 31.1 Å². The second kappa shape index (κ2) is 9.14. The number of hydrogen-bond donors (Lipinski definition) is 1. The highest BCUT2D eigenvalue weighted by Gasteiger charge is 2.32. The molecular formula is C23H27N3O4. The van der Waals surface area contributed by atoms with Crippen molar-refractivity contribution in [3.63, 3.8) is 0 Å². The molecule has 0 spiro atoms. The van der Waals surface area contributed by atoms with Gasteiger partial charge >= 0.3 is 5.97 Å². The molecule has 0 unspecified atom stereocenters. The minimum absolute atomic E-state index is 0.0314. The first-order valence-corrected chi connectivity index (χ1v) is 10.0. The van der Waals surface area contributed by atoms with Crippen LogP contribution in [0.1, 0.15) is 41.8 Å². The van der Waals surface area contributed by atoms with Crippen molar-refractivity contribution in [3.05, 3.63) is 52.3 Å². The number of carboxylic acid groups (broad SMARTS) is 1. The Balaban J connectivity index is 1.64. The molecule has 0 aliphatic carbocycles. The lowest BCUT2D eigenvalue weighted by Crippen LogP contribution is -2.49. The fraction of sp³-hybridized carbons (Fsp3) is 0.435. The van der Waals surface area contributed by atoms with Gasteiger partial charge < -0.3 is 14.6 Å². The summed E-state index contributed by atoms with van der Waals surface area (Å²) in [6.07, 6.45) is 1.54. The van der Waals surface area contributed by atoms with Gasteiger partial charge in [0.25, 0.3) is 0 Å². The Morgan fingerprint density at radius 2 is 1.97 bits per heavy atom. The zero-order valence-corrected chi connectivity index (χ0v) is 17.8. The van der Waals surface area contributed by atoms with Crippen LogP contribution in [-0.4, -0.2) is 40.2 Å². The molecule has 1 saturated heterocycles. The Morgan fingerprint density at radius 1 is 1.30 bits per heavy atom. The molecule has 1 aliphatic heterocycles. The van der Waals surface area contributed by atoms with Gasteiger partial charge in [0.2, 0.25) is 0 Å². The number of aryl methyl sites for hydroxylation is 2. The summed E-state index contributed by atoms with van der Waals surface area (Å²) in [7, 11) is 0. The van der Waals surface area contributed by atoms with E-state index in [2.05, 4.69) is 28.1 Å². The summed E-state index contributed by atoms with van der Waals surface area (Å²) in [5.41, 5.74) is 4.27. The molecule has 3 rings (SSSR count). The molecule has 1 aliphatic rings. The lowest BCUT2D eigenvalue weighted by atomic mass is 9.98. The Morgan fingerprint density at radius 3 is 2.53 bits per heavy atom. The number of rotatable bonds is 8. The van der Waals surface area contributed by atoms with E-state index in [0.29, 0.717) is 30.1 Å². The van der Waals surface area contributed by atoms with Gasteiger partial charge in [-0.05, 0) is 50.5 Å². The van der Waals surface area contributed by atoms with Crippen LogP contribution in [0.25, 0.3) is 0 Å². The van der Waals surface area contributed by atoms with Gasteiger partial charge in [0.15, 0.2) is 5.75 Å². The summed E-state index contributed by atoms with van der Waals surface area (Å²) in [4.78, 5) is 17.4. The van der Waals surface area contributed by atoms with Crippen molar-refractivity contribution in [2.24, 2.45) is 5.92 Å². The van der Waals surface area contributed by atoms with E-state index in [1.54, 1.807) is 12.3 Å². The number of hydrogen-bond acceptors (Lipinski definition) is 6. The van der Waals surface area contributed by atoms with E-state index in [-0.39, 0.29) is 18.6 Å². The van der Waals surface area contributed by atoms with Crippen molar-refractivity contribution in [2.45, 2.75) is 47.0 Å². The SMILES string of the molecule is Cc1cc(CN2CC(C(=O)O)C2)cc(C)c1OCc1cc(C#N)c(OC(C)C)cn1. The Hall–Kier alpha value is -3.11. The molecular weight excluding hydrogens is 382 g/mol. The third-order valence-corrected chi connectivity index (χ3v) is 5.00. The molecule has 1 fully saturated rings. The molecule has 2 aromatic rings. The number of ether oxygens (including phenoxy) is 2.